The first-order valence-corrected chi connectivity index (χ1v) is 4.39. The SMILES string of the molecule is C[C@@H]1CC(Br)C[C@@H](C)O1. The summed E-state index contributed by atoms with van der Waals surface area (Å²) in [5, 5.41) is 0. The Bertz CT molecular complexity index is 69.9. The van der Waals surface area contributed by atoms with Crippen molar-refractivity contribution in [1.29, 1.82) is 0 Å². The van der Waals surface area contributed by atoms with Crippen molar-refractivity contribution in [3.8, 4) is 0 Å². The van der Waals surface area contributed by atoms with E-state index in [9.17, 15) is 0 Å². The smallest absolute Gasteiger partial charge is 0.0561 e. The molecule has 0 unspecified atom stereocenters. The standard InChI is InChI=1S/C7H13BrO/c1-5-3-7(8)4-6(2)9-5/h5-7H,3-4H2,1-2H3/t5-,6-/m1/s1. The van der Waals surface area contributed by atoms with Crippen LogP contribution in [-0.4, -0.2) is 17.0 Å². The number of rotatable bonds is 0. The van der Waals surface area contributed by atoms with E-state index in [0.717, 1.165) is 12.8 Å². The van der Waals surface area contributed by atoms with Crippen LogP contribution in [-0.2, 0) is 4.74 Å². The minimum absolute atomic E-state index is 0.443. The minimum atomic E-state index is 0.443. The molecule has 0 aromatic heterocycles. The fraction of sp³-hybridized carbons (Fsp3) is 1.00. The molecule has 0 radical (unpaired) electrons. The van der Waals surface area contributed by atoms with Gasteiger partial charge in [-0.2, -0.15) is 0 Å². The Morgan fingerprint density at radius 1 is 1.22 bits per heavy atom. The highest BCUT2D eigenvalue weighted by molar-refractivity contribution is 9.09. The Morgan fingerprint density at radius 2 is 1.67 bits per heavy atom. The Balaban J connectivity index is 2.34. The topological polar surface area (TPSA) is 9.23 Å². The molecule has 1 nitrogen and oxygen atoms in total. The number of alkyl halides is 1. The zero-order valence-electron chi connectivity index (χ0n) is 5.93. The van der Waals surface area contributed by atoms with Crippen molar-refractivity contribution in [3.63, 3.8) is 0 Å². The predicted molar refractivity (Wildman–Crippen MR) is 42.0 cm³/mol. The molecule has 0 amide bonds. The molecule has 54 valence electrons. The van der Waals surface area contributed by atoms with Crippen LogP contribution in [0.2, 0.25) is 0 Å². The third-order valence-electron chi connectivity index (χ3n) is 1.64. The summed E-state index contributed by atoms with van der Waals surface area (Å²) < 4.78 is 5.53. The fourth-order valence-electron chi connectivity index (χ4n) is 1.32. The first-order valence-electron chi connectivity index (χ1n) is 3.48. The monoisotopic (exact) mass is 192 g/mol. The lowest BCUT2D eigenvalue weighted by Gasteiger charge is -2.28. The minimum Gasteiger partial charge on any atom is -0.375 e. The largest absolute Gasteiger partial charge is 0.375 e. The van der Waals surface area contributed by atoms with Crippen molar-refractivity contribution >= 4 is 15.9 Å². The molecule has 0 bridgehead atoms. The third-order valence-corrected chi connectivity index (χ3v) is 2.39. The van der Waals surface area contributed by atoms with Gasteiger partial charge in [-0.05, 0) is 26.7 Å². The molecule has 2 heteroatoms. The number of ether oxygens (including phenoxy) is 1. The maximum Gasteiger partial charge on any atom is 0.0561 e. The Hall–Kier alpha value is 0.440. The molecule has 0 aromatic carbocycles. The van der Waals surface area contributed by atoms with Crippen LogP contribution in [0.15, 0.2) is 0 Å². The van der Waals surface area contributed by atoms with Crippen LogP contribution in [0.3, 0.4) is 0 Å². The Morgan fingerprint density at radius 3 is 2.00 bits per heavy atom. The van der Waals surface area contributed by atoms with Gasteiger partial charge >= 0.3 is 0 Å². The molecule has 1 aliphatic rings. The summed E-state index contributed by atoms with van der Waals surface area (Å²) in [6, 6.07) is 0. The van der Waals surface area contributed by atoms with Gasteiger partial charge in [0.2, 0.25) is 0 Å². The van der Waals surface area contributed by atoms with Crippen molar-refractivity contribution < 1.29 is 4.74 Å². The molecule has 0 spiro atoms. The maximum atomic E-state index is 5.53. The van der Waals surface area contributed by atoms with E-state index in [0.29, 0.717) is 17.0 Å². The van der Waals surface area contributed by atoms with E-state index in [1.165, 1.54) is 0 Å². The van der Waals surface area contributed by atoms with Gasteiger partial charge in [-0.3, -0.25) is 0 Å². The van der Waals surface area contributed by atoms with E-state index in [4.69, 9.17) is 4.74 Å². The molecular formula is C7H13BrO. The van der Waals surface area contributed by atoms with Gasteiger partial charge in [-0.15, -0.1) is 0 Å². The van der Waals surface area contributed by atoms with Gasteiger partial charge in [0.05, 0.1) is 12.2 Å². The van der Waals surface area contributed by atoms with Crippen LogP contribution in [0.1, 0.15) is 26.7 Å². The number of halogens is 1. The average Bonchev–Trinajstić information content (AvgIpc) is 1.59. The quantitative estimate of drug-likeness (QED) is 0.536. The lowest BCUT2D eigenvalue weighted by atomic mass is 10.1. The van der Waals surface area contributed by atoms with Crippen LogP contribution in [0, 0.1) is 0 Å². The van der Waals surface area contributed by atoms with Crippen LogP contribution in [0.25, 0.3) is 0 Å². The molecule has 1 fully saturated rings. The van der Waals surface area contributed by atoms with E-state index >= 15 is 0 Å². The number of hydrogen-bond donors (Lipinski definition) is 0. The van der Waals surface area contributed by atoms with E-state index in [1.54, 1.807) is 0 Å². The summed E-state index contributed by atoms with van der Waals surface area (Å²) in [4.78, 5) is 0.677. The molecular weight excluding hydrogens is 180 g/mol. The van der Waals surface area contributed by atoms with Crippen LogP contribution in [0.4, 0.5) is 0 Å². The second kappa shape index (κ2) is 3.02. The van der Waals surface area contributed by atoms with Crippen molar-refractivity contribution in [2.45, 2.75) is 43.7 Å². The molecule has 1 rings (SSSR count). The van der Waals surface area contributed by atoms with Gasteiger partial charge in [0.1, 0.15) is 0 Å². The third kappa shape index (κ3) is 2.26. The van der Waals surface area contributed by atoms with E-state index in [1.807, 2.05) is 0 Å². The zero-order chi connectivity index (χ0) is 6.85. The zero-order valence-corrected chi connectivity index (χ0v) is 7.52. The summed E-state index contributed by atoms with van der Waals surface area (Å²) in [5.74, 6) is 0. The first-order chi connectivity index (χ1) is 4.18. The summed E-state index contributed by atoms with van der Waals surface area (Å²) in [6.45, 7) is 4.26. The molecule has 1 saturated heterocycles. The molecule has 0 aromatic rings. The highest BCUT2D eigenvalue weighted by atomic mass is 79.9. The highest BCUT2D eigenvalue weighted by Crippen LogP contribution is 2.24. The van der Waals surface area contributed by atoms with Gasteiger partial charge < -0.3 is 4.74 Å². The fourth-order valence-corrected chi connectivity index (χ4v) is 2.38. The van der Waals surface area contributed by atoms with Gasteiger partial charge in [-0.25, -0.2) is 0 Å². The predicted octanol–water partition coefficient (Wildman–Crippen LogP) is 2.34. The van der Waals surface area contributed by atoms with Gasteiger partial charge in [0, 0.05) is 4.83 Å². The van der Waals surface area contributed by atoms with Gasteiger partial charge in [0.15, 0.2) is 0 Å². The molecule has 1 heterocycles. The van der Waals surface area contributed by atoms with Crippen LogP contribution >= 0.6 is 15.9 Å². The second-order valence-corrected chi connectivity index (χ2v) is 4.12. The van der Waals surface area contributed by atoms with Gasteiger partial charge in [-0.1, -0.05) is 15.9 Å². The second-order valence-electron chi connectivity index (χ2n) is 2.83. The van der Waals surface area contributed by atoms with Crippen molar-refractivity contribution in [1.82, 2.24) is 0 Å². The van der Waals surface area contributed by atoms with Crippen LogP contribution < -0.4 is 0 Å². The van der Waals surface area contributed by atoms with Crippen molar-refractivity contribution in [3.05, 3.63) is 0 Å². The summed E-state index contributed by atoms with van der Waals surface area (Å²) in [5.41, 5.74) is 0. The molecule has 0 aliphatic carbocycles. The number of hydrogen-bond acceptors (Lipinski definition) is 1. The van der Waals surface area contributed by atoms with E-state index in [-0.39, 0.29) is 0 Å². The normalized spacial score (nSPS) is 45.0. The molecule has 1 aliphatic heterocycles. The molecule has 2 atom stereocenters. The Labute approximate surface area is 64.9 Å². The van der Waals surface area contributed by atoms with Gasteiger partial charge in [0.25, 0.3) is 0 Å². The van der Waals surface area contributed by atoms with E-state index in [2.05, 4.69) is 29.8 Å². The van der Waals surface area contributed by atoms with Crippen molar-refractivity contribution in [2.75, 3.05) is 0 Å². The van der Waals surface area contributed by atoms with Crippen molar-refractivity contribution in [2.24, 2.45) is 0 Å². The van der Waals surface area contributed by atoms with Crippen LogP contribution in [0.5, 0.6) is 0 Å². The molecule has 0 saturated carbocycles. The highest BCUT2D eigenvalue weighted by Gasteiger charge is 2.21. The summed E-state index contributed by atoms with van der Waals surface area (Å²) in [6.07, 6.45) is 3.20. The molecule has 9 heavy (non-hydrogen) atoms. The molecule has 0 N–H and O–H groups in total. The average molecular weight is 193 g/mol. The lowest BCUT2D eigenvalue weighted by Crippen LogP contribution is -2.29. The first kappa shape index (κ1) is 7.55. The lowest BCUT2D eigenvalue weighted by molar-refractivity contribution is -0.0257. The summed E-state index contributed by atoms with van der Waals surface area (Å²) in [7, 11) is 0. The Kier molecular flexibility index (Phi) is 2.53. The maximum absolute atomic E-state index is 5.53. The van der Waals surface area contributed by atoms with E-state index < -0.39 is 0 Å². The summed E-state index contributed by atoms with van der Waals surface area (Å²) >= 11 is 3.59.